The molecular weight excluding hydrogens is 124 g/mol. The Bertz CT molecular complexity index is 209. The summed E-state index contributed by atoms with van der Waals surface area (Å²) in [5, 5.41) is 0. The maximum atomic E-state index is 12.8. The van der Waals surface area contributed by atoms with Crippen LogP contribution >= 0.6 is 0 Å². The lowest BCUT2D eigenvalue weighted by Gasteiger charge is -2.00. The zero-order valence-electron chi connectivity index (χ0n) is 4.64. The molecule has 0 saturated heterocycles. The van der Waals surface area contributed by atoms with Gasteiger partial charge in [0.1, 0.15) is 5.83 Å². The molecule has 1 aliphatic heterocycles. The molecule has 0 N–H and O–H groups in total. The molecular formula is C6H5F2N. The highest BCUT2D eigenvalue weighted by molar-refractivity contribution is 5.76. The monoisotopic (exact) mass is 129 g/mol. The van der Waals surface area contributed by atoms with Gasteiger partial charge >= 0.3 is 0 Å². The average Bonchev–Trinajstić information content (AvgIpc) is 2.43. The van der Waals surface area contributed by atoms with E-state index in [1.54, 1.807) is 0 Å². The van der Waals surface area contributed by atoms with Gasteiger partial charge in [0.2, 0.25) is 0 Å². The third kappa shape index (κ3) is 0.544. The number of hydrogen-bond donors (Lipinski definition) is 0. The molecule has 48 valence electrons. The summed E-state index contributed by atoms with van der Waals surface area (Å²) in [7, 11) is 0. The number of alkyl halides is 1. The standard InChI is InChI=1S/C6H5F2N/c7-5-2-9-3-6(8)1-4(5)6/h2-4H,1H2. The van der Waals surface area contributed by atoms with E-state index in [2.05, 4.69) is 4.99 Å². The summed E-state index contributed by atoms with van der Waals surface area (Å²) in [5.74, 6) is -0.921. The van der Waals surface area contributed by atoms with Crippen LogP contribution in [0.2, 0.25) is 0 Å². The second-order valence-corrected chi connectivity index (χ2v) is 2.48. The smallest absolute Gasteiger partial charge is 0.156 e. The molecule has 0 radical (unpaired) electrons. The average molecular weight is 129 g/mol. The number of fused-ring (bicyclic) bond motifs is 1. The normalized spacial score (nSPS) is 46.0. The summed E-state index contributed by atoms with van der Waals surface area (Å²) in [6.45, 7) is 0. The van der Waals surface area contributed by atoms with Crippen LogP contribution in [-0.2, 0) is 0 Å². The van der Waals surface area contributed by atoms with Crippen LogP contribution in [0.3, 0.4) is 0 Å². The lowest BCUT2D eigenvalue weighted by molar-refractivity contribution is 0.371. The maximum Gasteiger partial charge on any atom is 0.156 e. The Morgan fingerprint density at radius 2 is 2.56 bits per heavy atom. The summed E-state index contributed by atoms with van der Waals surface area (Å²) in [4.78, 5) is 3.42. The molecule has 2 atom stereocenters. The summed E-state index contributed by atoms with van der Waals surface area (Å²) >= 11 is 0. The van der Waals surface area contributed by atoms with Gasteiger partial charge in [-0.2, -0.15) is 0 Å². The minimum Gasteiger partial charge on any atom is -0.263 e. The molecule has 0 aromatic rings. The van der Waals surface area contributed by atoms with Gasteiger partial charge in [0, 0.05) is 6.21 Å². The van der Waals surface area contributed by atoms with E-state index in [9.17, 15) is 8.78 Å². The summed E-state index contributed by atoms with van der Waals surface area (Å²) in [6.07, 6.45) is 2.54. The van der Waals surface area contributed by atoms with Crippen molar-refractivity contribution in [2.75, 3.05) is 0 Å². The largest absolute Gasteiger partial charge is 0.263 e. The maximum absolute atomic E-state index is 12.8. The van der Waals surface area contributed by atoms with E-state index in [-0.39, 0.29) is 6.42 Å². The van der Waals surface area contributed by atoms with Gasteiger partial charge in [-0.05, 0) is 6.42 Å². The molecule has 1 nitrogen and oxygen atoms in total. The first-order valence-corrected chi connectivity index (χ1v) is 2.81. The minimum atomic E-state index is -1.42. The Morgan fingerprint density at radius 3 is 3.11 bits per heavy atom. The van der Waals surface area contributed by atoms with Crippen LogP contribution in [0.5, 0.6) is 0 Å². The minimum absolute atomic E-state index is 0.277. The van der Waals surface area contributed by atoms with Crippen molar-refractivity contribution in [1.82, 2.24) is 0 Å². The number of halogens is 2. The van der Waals surface area contributed by atoms with Crippen LogP contribution in [0.1, 0.15) is 6.42 Å². The second-order valence-electron chi connectivity index (χ2n) is 2.48. The molecule has 1 heterocycles. The molecule has 3 heteroatoms. The van der Waals surface area contributed by atoms with Crippen molar-refractivity contribution >= 4 is 6.21 Å². The zero-order valence-corrected chi connectivity index (χ0v) is 4.64. The van der Waals surface area contributed by atoms with Gasteiger partial charge in [-0.25, -0.2) is 8.78 Å². The van der Waals surface area contributed by atoms with E-state index in [1.807, 2.05) is 0 Å². The molecule has 0 spiro atoms. The highest BCUT2D eigenvalue weighted by atomic mass is 19.2. The molecule has 1 fully saturated rings. The highest BCUT2D eigenvalue weighted by Gasteiger charge is 2.58. The topological polar surface area (TPSA) is 12.4 Å². The Hall–Kier alpha value is -0.730. The predicted octanol–water partition coefficient (Wildman–Crippen LogP) is 1.61. The van der Waals surface area contributed by atoms with E-state index >= 15 is 0 Å². The lowest BCUT2D eigenvalue weighted by Crippen LogP contribution is -2.08. The van der Waals surface area contributed by atoms with Crippen LogP contribution in [-0.4, -0.2) is 11.9 Å². The van der Waals surface area contributed by atoms with Gasteiger partial charge in [-0.3, -0.25) is 4.99 Å². The number of aliphatic imine (C=N–C) groups is 1. The molecule has 9 heavy (non-hydrogen) atoms. The molecule has 0 bridgehead atoms. The van der Waals surface area contributed by atoms with Crippen molar-refractivity contribution in [2.45, 2.75) is 12.1 Å². The number of allylic oxidation sites excluding steroid dienone is 1. The van der Waals surface area contributed by atoms with Crippen molar-refractivity contribution < 1.29 is 8.78 Å². The lowest BCUT2D eigenvalue weighted by atomic mass is 10.2. The van der Waals surface area contributed by atoms with Crippen LogP contribution in [0.15, 0.2) is 17.0 Å². The van der Waals surface area contributed by atoms with Crippen LogP contribution in [0.25, 0.3) is 0 Å². The van der Waals surface area contributed by atoms with Crippen molar-refractivity contribution in [3.8, 4) is 0 Å². The number of hydrogen-bond acceptors (Lipinski definition) is 1. The quantitative estimate of drug-likeness (QED) is 0.471. The summed E-state index contributed by atoms with van der Waals surface area (Å²) < 4.78 is 25.1. The van der Waals surface area contributed by atoms with Crippen LogP contribution < -0.4 is 0 Å². The molecule has 2 rings (SSSR count). The predicted molar refractivity (Wildman–Crippen MR) is 29.6 cm³/mol. The molecule has 2 aliphatic rings. The Labute approximate surface area is 51.1 Å². The van der Waals surface area contributed by atoms with E-state index in [0.29, 0.717) is 0 Å². The summed E-state index contributed by atoms with van der Waals surface area (Å²) in [6, 6.07) is 0. The molecule has 0 aromatic carbocycles. The fourth-order valence-electron chi connectivity index (χ4n) is 1.05. The fraction of sp³-hybridized carbons (Fsp3) is 0.500. The molecule has 0 aromatic heterocycles. The van der Waals surface area contributed by atoms with Gasteiger partial charge in [-0.15, -0.1) is 0 Å². The first kappa shape index (κ1) is 5.09. The first-order chi connectivity index (χ1) is 4.22. The molecule has 1 aliphatic carbocycles. The third-order valence-electron chi connectivity index (χ3n) is 1.76. The fourth-order valence-corrected chi connectivity index (χ4v) is 1.05. The Balaban J connectivity index is 2.34. The number of nitrogens with zero attached hydrogens (tertiary/aromatic N) is 1. The summed E-state index contributed by atoms with van der Waals surface area (Å²) in [5.41, 5.74) is -1.42. The third-order valence-corrected chi connectivity index (χ3v) is 1.76. The highest BCUT2D eigenvalue weighted by Crippen LogP contribution is 2.52. The van der Waals surface area contributed by atoms with E-state index in [4.69, 9.17) is 0 Å². The van der Waals surface area contributed by atoms with E-state index < -0.39 is 17.4 Å². The molecule has 1 saturated carbocycles. The SMILES string of the molecule is FC1=CN=CC2(F)CC12. The van der Waals surface area contributed by atoms with Gasteiger partial charge in [0.15, 0.2) is 5.67 Å². The van der Waals surface area contributed by atoms with E-state index in [1.165, 1.54) is 6.21 Å². The van der Waals surface area contributed by atoms with Gasteiger partial charge in [0.25, 0.3) is 0 Å². The van der Waals surface area contributed by atoms with Crippen molar-refractivity contribution in [3.05, 3.63) is 12.0 Å². The molecule has 0 amide bonds. The van der Waals surface area contributed by atoms with E-state index in [0.717, 1.165) is 6.20 Å². The Morgan fingerprint density at radius 1 is 1.78 bits per heavy atom. The second kappa shape index (κ2) is 1.23. The van der Waals surface area contributed by atoms with Crippen molar-refractivity contribution in [2.24, 2.45) is 10.9 Å². The molecule has 2 unspecified atom stereocenters. The first-order valence-electron chi connectivity index (χ1n) is 2.81. The van der Waals surface area contributed by atoms with Crippen molar-refractivity contribution in [3.63, 3.8) is 0 Å². The number of rotatable bonds is 0. The Kier molecular flexibility index (Phi) is 0.693. The van der Waals surface area contributed by atoms with Crippen LogP contribution in [0, 0.1) is 5.92 Å². The van der Waals surface area contributed by atoms with Gasteiger partial charge < -0.3 is 0 Å². The van der Waals surface area contributed by atoms with Gasteiger partial charge in [0.05, 0.1) is 12.1 Å². The van der Waals surface area contributed by atoms with Crippen molar-refractivity contribution in [1.29, 1.82) is 0 Å². The van der Waals surface area contributed by atoms with Gasteiger partial charge in [-0.1, -0.05) is 0 Å². The van der Waals surface area contributed by atoms with Crippen LogP contribution in [0.4, 0.5) is 8.78 Å². The zero-order chi connectivity index (χ0) is 6.48.